The molecule has 2 unspecified atom stereocenters. The van der Waals surface area contributed by atoms with Crippen molar-refractivity contribution in [1.29, 1.82) is 0 Å². The van der Waals surface area contributed by atoms with Crippen molar-refractivity contribution >= 4 is 5.96 Å². The van der Waals surface area contributed by atoms with Gasteiger partial charge in [-0.25, -0.2) is 0 Å². The van der Waals surface area contributed by atoms with Crippen molar-refractivity contribution in [2.24, 2.45) is 10.9 Å². The van der Waals surface area contributed by atoms with Gasteiger partial charge in [-0.2, -0.15) is 0 Å². The molecule has 0 bridgehead atoms. The molecule has 23 heavy (non-hydrogen) atoms. The largest absolute Gasteiger partial charge is 0.376 e. The molecule has 0 radical (unpaired) electrons. The Balaban J connectivity index is 1.77. The zero-order valence-corrected chi connectivity index (χ0v) is 15.3. The Bertz CT molecular complexity index is 360. The van der Waals surface area contributed by atoms with Gasteiger partial charge in [-0.3, -0.25) is 9.89 Å². The van der Waals surface area contributed by atoms with Crippen LogP contribution in [0.25, 0.3) is 0 Å². The fourth-order valence-electron chi connectivity index (χ4n) is 3.38. The second-order valence-electron chi connectivity index (χ2n) is 7.12. The van der Waals surface area contributed by atoms with Crippen LogP contribution in [0.15, 0.2) is 4.99 Å². The molecule has 0 aliphatic carbocycles. The van der Waals surface area contributed by atoms with Crippen LogP contribution < -0.4 is 10.6 Å². The molecule has 0 aromatic carbocycles. The third-order valence-corrected chi connectivity index (χ3v) is 5.00. The smallest absolute Gasteiger partial charge is 0.191 e. The van der Waals surface area contributed by atoms with Crippen LogP contribution in [0.3, 0.4) is 0 Å². The van der Waals surface area contributed by atoms with Crippen LogP contribution >= 0.6 is 0 Å². The van der Waals surface area contributed by atoms with Crippen molar-refractivity contribution in [3.05, 3.63) is 0 Å². The summed E-state index contributed by atoms with van der Waals surface area (Å²) in [5, 5.41) is 6.91. The molecule has 2 aliphatic rings. The Morgan fingerprint density at radius 2 is 1.96 bits per heavy atom. The highest BCUT2D eigenvalue weighted by atomic mass is 16.5. The molecule has 2 N–H and O–H groups in total. The van der Waals surface area contributed by atoms with Crippen molar-refractivity contribution in [2.75, 3.05) is 60.0 Å². The SMILES string of the molecule is CN=C(NCC1CCCO1)NCC(C(C)C)N1CCN(C)CC1. The van der Waals surface area contributed by atoms with E-state index in [0.29, 0.717) is 18.1 Å². The average molecular weight is 326 g/mol. The number of hydrogen-bond donors (Lipinski definition) is 2. The highest BCUT2D eigenvalue weighted by molar-refractivity contribution is 5.79. The molecular formula is C17H35N5O. The van der Waals surface area contributed by atoms with Gasteiger partial charge in [0.25, 0.3) is 0 Å². The van der Waals surface area contributed by atoms with Gasteiger partial charge in [0.05, 0.1) is 6.10 Å². The summed E-state index contributed by atoms with van der Waals surface area (Å²) in [7, 11) is 4.04. The minimum absolute atomic E-state index is 0.340. The van der Waals surface area contributed by atoms with E-state index in [0.717, 1.165) is 58.3 Å². The summed E-state index contributed by atoms with van der Waals surface area (Å²) in [5.74, 6) is 1.52. The summed E-state index contributed by atoms with van der Waals surface area (Å²) in [6.07, 6.45) is 2.67. The number of guanidine groups is 1. The summed E-state index contributed by atoms with van der Waals surface area (Å²) in [6, 6.07) is 0.546. The monoisotopic (exact) mass is 325 g/mol. The standard InChI is InChI=1S/C17H35N5O/c1-14(2)16(22-9-7-21(4)8-10-22)13-20-17(18-3)19-12-15-6-5-11-23-15/h14-16H,5-13H2,1-4H3,(H2,18,19,20). The molecule has 2 saturated heterocycles. The van der Waals surface area contributed by atoms with E-state index >= 15 is 0 Å². The van der Waals surface area contributed by atoms with Crippen LogP contribution in [0.5, 0.6) is 0 Å². The van der Waals surface area contributed by atoms with E-state index in [1.807, 2.05) is 7.05 Å². The van der Waals surface area contributed by atoms with E-state index in [2.05, 4.69) is 46.3 Å². The first-order chi connectivity index (χ1) is 11.1. The quantitative estimate of drug-likeness (QED) is 0.553. The van der Waals surface area contributed by atoms with Crippen molar-refractivity contribution in [1.82, 2.24) is 20.4 Å². The van der Waals surface area contributed by atoms with Crippen LogP contribution in [0.4, 0.5) is 0 Å². The first-order valence-electron chi connectivity index (χ1n) is 9.09. The lowest BCUT2D eigenvalue weighted by Crippen LogP contribution is -2.55. The normalized spacial score (nSPS) is 25.8. The Morgan fingerprint density at radius 3 is 2.52 bits per heavy atom. The summed E-state index contributed by atoms with van der Waals surface area (Å²) >= 11 is 0. The second kappa shape index (κ2) is 9.45. The topological polar surface area (TPSA) is 52.1 Å². The van der Waals surface area contributed by atoms with Crippen molar-refractivity contribution in [2.45, 2.75) is 38.8 Å². The van der Waals surface area contributed by atoms with Crippen molar-refractivity contribution in [3.8, 4) is 0 Å². The summed E-state index contributed by atoms with van der Waals surface area (Å²) in [5.41, 5.74) is 0. The molecule has 6 heteroatoms. The maximum Gasteiger partial charge on any atom is 0.191 e. The fourth-order valence-corrected chi connectivity index (χ4v) is 3.38. The van der Waals surface area contributed by atoms with Crippen LogP contribution in [-0.4, -0.2) is 87.9 Å². The third-order valence-electron chi connectivity index (χ3n) is 5.00. The van der Waals surface area contributed by atoms with Gasteiger partial charge in [0.15, 0.2) is 5.96 Å². The molecule has 2 atom stereocenters. The maximum atomic E-state index is 5.66. The molecule has 2 fully saturated rings. The van der Waals surface area contributed by atoms with Crippen LogP contribution in [0, 0.1) is 5.92 Å². The molecule has 134 valence electrons. The van der Waals surface area contributed by atoms with E-state index in [4.69, 9.17) is 4.74 Å². The van der Waals surface area contributed by atoms with Gasteiger partial charge in [0.2, 0.25) is 0 Å². The van der Waals surface area contributed by atoms with E-state index in [1.165, 1.54) is 6.42 Å². The summed E-state index contributed by atoms with van der Waals surface area (Å²) in [6.45, 7) is 11.9. The molecule has 2 heterocycles. The lowest BCUT2D eigenvalue weighted by atomic mass is 10.0. The van der Waals surface area contributed by atoms with E-state index < -0.39 is 0 Å². The van der Waals surface area contributed by atoms with Crippen LogP contribution in [-0.2, 0) is 4.74 Å². The number of nitrogens with zero attached hydrogens (tertiary/aromatic N) is 3. The minimum atomic E-state index is 0.340. The van der Waals surface area contributed by atoms with Crippen molar-refractivity contribution in [3.63, 3.8) is 0 Å². The van der Waals surface area contributed by atoms with Gasteiger partial charge in [0, 0.05) is 59.0 Å². The first-order valence-corrected chi connectivity index (χ1v) is 9.09. The fraction of sp³-hybridized carbons (Fsp3) is 0.941. The van der Waals surface area contributed by atoms with Gasteiger partial charge in [-0.15, -0.1) is 0 Å². The zero-order chi connectivity index (χ0) is 16.7. The maximum absolute atomic E-state index is 5.66. The summed E-state index contributed by atoms with van der Waals surface area (Å²) in [4.78, 5) is 9.37. The Labute approximate surface area is 141 Å². The molecule has 2 rings (SSSR count). The Hall–Kier alpha value is -0.850. The van der Waals surface area contributed by atoms with E-state index in [1.54, 1.807) is 0 Å². The van der Waals surface area contributed by atoms with E-state index in [-0.39, 0.29) is 0 Å². The number of rotatable bonds is 6. The molecule has 0 aromatic heterocycles. The predicted molar refractivity (Wildman–Crippen MR) is 96.0 cm³/mol. The summed E-state index contributed by atoms with van der Waals surface area (Å²) < 4.78 is 5.66. The van der Waals surface area contributed by atoms with Gasteiger partial charge < -0.3 is 20.3 Å². The molecule has 0 amide bonds. The highest BCUT2D eigenvalue weighted by Gasteiger charge is 2.25. The number of hydrogen-bond acceptors (Lipinski definition) is 4. The van der Waals surface area contributed by atoms with Gasteiger partial charge in [-0.05, 0) is 25.8 Å². The Kier molecular flexibility index (Phi) is 7.59. The molecular weight excluding hydrogens is 290 g/mol. The minimum Gasteiger partial charge on any atom is -0.376 e. The lowest BCUT2D eigenvalue weighted by molar-refractivity contribution is 0.0898. The number of ether oxygens (including phenoxy) is 1. The number of nitrogens with one attached hydrogen (secondary N) is 2. The lowest BCUT2D eigenvalue weighted by Gasteiger charge is -2.40. The zero-order valence-electron chi connectivity index (χ0n) is 15.3. The number of likely N-dealkylation sites (N-methyl/N-ethyl adjacent to an activating group) is 1. The number of piperazine rings is 1. The Morgan fingerprint density at radius 1 is 1.22 bits per heavy atom. The highest BCUT2D eigenvalue weighted by Crippen LogP contribution is 2.13. The average Bonchev–Trinajstić information content (AvgIpc) is 3.05. The van der Waals surface area contributed by atoms with Crippen molar-refractivity contribution < 1.29 is 4.74 Å². The second-order valence-corrected chi connectivity index (χ2v) is 7.12. The molecule has 0 aromatic rings. The van der Waals surface area contributed by atoms with Gasteiger partial charge in [0.1, 0.15) is 0 Å². The molecule has 2 aliphatic heterocycles. The predicted octanol–water partition coefficient (Wildman–Crippen LogP) is 0.602. The molecule has 0 saturated carbocycles. The van der Waals surface area contributed by atoms with Gasteiger partial charge >= 0.3 is 0 Å². The molecule has 0 spiro atoms. The van der Waals surface area contributed by atoms with E-state index in [9.17, 15) is 0 Å². The van der Waals surface area contributed by atoms with Crippen LogP contribution in [0.1, 0.15) is 26.7 Å². The first kappa shape index (κ1) is 18.5. The van der Waals surface area contributed by atoms with Gasteiger partial charge in [-0.1, -0.05) is 13.8 Å². The molecule has 6 nitrogen and oxygen atoms in total. The number of aliphatic imine (C=N–C) groups is 1. The third kappa shape index (κ3) is 5.94. The van der Waals surface area contributed by atoms with Crippen LogP contribution in [0.2, 0.25) is 0 Å².